The highest BCUT2D eigenvalue weighted by atomic mass is 19.1. The highest BCUT2D eigenvalue weighted by Crippen LogP contribution is 2.17. The molecule has 136 valence electrons. The Morgan fingerprint density at radius 2 is 1.85 bits per heavy atom. The van der Waals surface area contributed by atoms with Gasteiger partial charge in [-0.2, -0.15) is 0 Å². The van der Waals surface area contributed by atoms with Crippen LogP contribution in [0.2, 0.25) is 0 Å². The molecule has 1 aliphatic rings. The number of carbonyl (C=O) groups is 2. The number of rotatable bonds is 4. The van der Waals surface area contributed by atoms with Gasteiger partial charge in [0.2, 0.25) is 11.8 Å². The van der Waals surface area contributed by atoms with Gasteiger partial charge < -0.3 is 15.1 Å². The lowest BCUT2D eigenvalue weighted by molar-refractivity contribution is -0.129. The molecule has 2 amide bonds. The molecule has 1 fully saturated rings. The maximum absolute atomic E-state index is 13.6. The summed E-state index contributed by atoms with van der Waals surface area (Å²) in [6, 6.07) is 9.84. The van der Waals surface area contributed by atoms with Crippen LogP contribution in [0.15, 0.2) is 42.6 Å². The van der Waals surface area contributed by atoms with Crippen LogP contribution in [0.25, 0.3) is 0 Å². The van der Waals surface area contributed by atoms with Crippen LogP contribution in [-0.4, -0.2) is 47.9 Å². The third-order valence-corrected chi connectivity index (χ3v) is 4.39. The zero-order valence-electron chi connectivity index (χ0n) is 14.6. The van der Waals surface area contributed by atoms with Gasteiger partial charge in [-0.1, -0.05) is 18.2 Å². The van der Waals surface area contributed by atoms with E-state index in [1.54, 1.807) is 37.4 Å². The van der Waals surface area contributed by atoms with E-state index in [1.807, 2.05) is 11.0 Å². The number of nitrogens with one attached hydrogen (secondary N) is 1. The van der Waals surface area contributed by atoms with Crippen molar-refractivity contribution in [3.63, 3.8) is 0 Å². The second-order valence-corrected chi connectivity index (χ2v) is 6.21. The second-order valence-electron chi connectivity index (χ2n) is 6.21. The summed E-state index contributed by atoms with van der Waals surface area (Å²) in [5, 5.41) is 2.73. The number of hydrogen-bond acceptors (Lipinski definition) is 4. The van der Waals surface area contributed by atoms with Crippen LogP contribution in [0.4, 0.5) is 15.9 Å². The average Bonchev–Trinajstić information content (AvgIpc) is 2.64. The predicted molar refractivity (Wildman–Crippen MR) is 97.4 cm³/mol. The van der Waals surface area contributed by atoms with Crippen LogP contribution in [0.3, 0.4) is 0 Å². The fourth-order valence-corrected chi connectivity index (χ4v) is 2.92. The van der Waals surface area contributed by atoms with Gasteiger partial charge in [-0.25, -0.2) is 9.37 Å². The second kappa shape index (κ2) is 7.95. The van der Waals surface area contributed by atoms with Gasteiger partial charge in [0.25, 0.3) is 0 Å². The van der Waals surface area contributed by atoms with Crippen LogP contribution in [-0.2, 0) is 16.0 Å². The van der Waals surface area contributed by atoms with Crippen molar-refractivity contribution in [2.24, 2.45) is 0 Å². The number of hydrogen-bond donors (Lipinski definition) is 1. The molecule has 0 spiro atoms. The largest absolute Gasteiger partial charge is 0.353 e. The lowest BCUT2D eigenvalue weighted by Crippen LogP contribution is -2.48. The van der Waals surface area contributed by atoms with E-state index in [2.05, 4.69) is 15.2 Å². The molecule has 6 nitrogen and oxygen atoms in total. The zero-order valence-corrected chi connectivity index (χ0v) is 14.6. The van der Waals surface area contributed by atoms with Gasteiger partial charge in [0, 0.05) is 33.1 Å². The van der Waals surface area contributed by atoms with Crippen LogP contribution < -0.4 is 10.2 Å². The summed E-state index contributed by atoms with van der Waals surface area (Å²) in [5.41, 5.74) is 0.926. The first-order chi connectivity index (χ1) is 12.5. The minimum absolute atomic E-state index is 0.0264. The summed E-state index contributed by atoms with van der Waals surface area (Å²) in [6.45, 7) is 4.39. The SMILES string of the molecule is CC(=O)N1CCN(c2ccc(NC(=O)Cc3ccccc3F)cn2)CC1. The van der Waals surface area contributed by atoms with Gasteiger partial charge in [0.05, 0.1) is 18.3 Å². The Balaban J connectivity index is 1.55. The molecule has 0 radical (unpaired) electrons. The number of benzene rings is 1. The molecular formula is C19H21FN4O2. The molecule has 1 aromatic heterocycles. The molecule has 1 aromatic carbocycles. The first kappa shape index (κ1) is 17.8. The van der Waals surface area contributed by atoms with Gasteiger partial charge in [-0.15, -0.1) is 0 Å². The normalized spacial score (nSPS) is 14.2. The Morgan fingerprint density at radius 1 is 1.12 bits per heavy atom. The minimum Gasteiger partial charge on any atom is -0.353 e. The highest BCUT2D eigenvalue weighted by molar-refractivity contribution is 5.92. The zero-order chi connectivity index (χ0) is 18.5. The standard InChI is InChI=1S/C19H21FN4O2/c1-14(25)23-8-10-24(11-9-23)18-7-6-16(13-21-18)22-19(26)12-15-4-2-3-5-17(15)20/h2-7,13H,8-12H2,1H3,(H,22,26). The topological polar surface area (TPSA) is 65.5 Å². The third-order valence-electron chi connectivity index (χ3n) is 4.39. The van der Waals surface area contributed by atoms with Crippen LogP contribution >= 0.6 is 0 Å². The Labute approximate surface area is 151 Å². The van der Waals surface area contributed by atoms with Crippen LogP contribution in [0.1, 0.15) is 12.5 Å². The molecule has 0 bridgehead atoms. The molecule has 3 rings (SSSR count). The maximum atomic E-state index is 13.6. The van der Waals surface area contributed by atoms with E-state index >= 15 is 0 Å². The molecule has 1 N–H and O–H groups in total. The maximum Gasteiger partial charge on any atom is 0.228 e. The lowest BCUT2D eigenvalue weighted by atomic mass is 10.1. The quantitative estimate of drug-likeness (QED) is 0.911. The molecule has 0 atom stereocenters. The number of piperazine rings is 1. The summed E-state index contributed by atoms with van der Waals surface area (Å²) in [5.74, 6) is 0.214. The van der Waals surface area contributed by atoms with Crippen LogP contribution in [0, 0.1) is 5.82 Å². The van der Waals surface area contributed by atoms with Crippen molar-refractivity contribution in [2.75, 3.05) is 36.4 Å². The molecule has 1 saturated heterocycles. The molecule has 1 aliphatic heterocycles. The number of halogens is 1. The minimum atomic E-state index is -0.388. The van der Waals surface area contributed by atoms with Crippen molar-refractivity contribution in [1.82, 2.24) is 9.88 Å². The number of aromatic nitrogens is 1. The van der Waals surface area contributed by atoms with E-state index in [0.717, 1.165) is 18.9 Å². The molecule has 0 unspecified atom stereocenters. The smallest absolute Gasteiger partial charge is 0.228 e. The summed E-state index contributed by atoms with van der Waals surface area (Å²) in [4.78, 5) is 31.7. The Morgan fingerprint density at radius 3 is 2.46 bits per heavy atom. The van der Waals surface area contributed by atoms with Crippen molar-refractivity contribution in [3.8, 4) is 0 Å². The summed E-state index contributed by atoms with van der Waals surface area (Å²) < 4.78 is 13.6. The third kappa shape index (κ3) is 4.36. The van der Waals surface area contributed by atoms with E-state index in [-0.39, 0.29) is 24.1 Å². The van der Waals surface area contributed by atoms with Crippen molar-refractivity contribution in [2.45, 2.75) is 13.3 Å². The van der Waals surface area contributed by atoms with Crippen molar-refractivity contribution < 1.29 is 14.0 Å². The van der Waals surface area contributed by atoms with Gasteiger partial charge in [-0.05, 0) is 23.8 Å². The predicted octanol–water partition coefficient (Wildman–Crippen LogP) is 2.07. The van der Waals surface area contributed by atoms with Gasteiger partial charge in [0.1, 0.15) is 11.6 Å². The van der Waals surface area contributed by atoms with Crippen LogP contribution in [0.5, 0.6) is 0 Å². The summed E-state index contributed by atoms with van der Waals surface area (Å²) >= 11 is 0. The van der Waals surface area contributed by atoms with E-state index in [0.29, 0.717) is 24.3 Å². The molecule has 26 heavy (non-hydrogen) atoms. The van der Waals surface area contributed by atoms with Crippen molar-refractivity contribution >= 4 is 23.3 Å². The monoisotopic (exact) mass is 356 g/mol. The number of carbonyl (C=O) groups excluding carboxylic acids is 2. The van der Waals surface area contributed by atoms with Crippen molar-refractivity contribution in [3.05, 3.63) is 54.0 Å². The first-order valence-corrected chi connectivity index (χ1v) is 8.52. The van der Waals surface area contributed by atoms with Gasteiger partial charge in [0.15, 0.2) is 0 Å². The molecule has 2 aromatic rings. The molecule has 0 saturated carbocycles. The summed E-state index contributed by atoms with van der Waals surface area (Å²) in [7, 11) is 0. The number of amides is 2. The highest BCUT2D eigenvalue weighted by Gasteiger charge is 2.19. The van der Waals surface area contributed by atoms with E-state index in [4.69, 9.17) is 0 Å². The Hall–Kier alpha value is -2.96. The van der Waals surface area contributed by atoms with E-state index < -0.39 is 0 Å². The molecule has 7 heteroatoms. The number of anilines is 2. The van der Waals surface area contributed by atoms with E-state index in [1.165, 1.54) is 6.07 Å². The summed E-state index contributed by atoms with van der Waals surface area (Å²) in [6.07, 6.45) is 1.56. The van der Waals surface area contributed by atoms with E-state index in [9.17, 15) is 14.0 Å². The molecular weight excluding hydrogens is 335 g/mol. The number of nitrogens with zero attached hydrogens (tertiary/aromatic N) is 3. The lowest BCUT2D eigenvalue weighted by Gasteiger charge is -2.34. The van der Waals surface area contributed by atoms with Gasteiger partial charge in [-0.3, -0.25) is 9.59 Å². The fraction of sp³-hybridized carbons (Fsp3) is 0.316. The number of pyridine rings is 1. The first-order valence-electron chi connectivity index (χ1n) is 8.52. The van der Waals surface area contributed by atoms with Gasteiger partial charge >= 0.3 is 0 Å². The fourth-order valence-electron chi connectivity index (χ4n) is 2.92. The Kier molecular flexibility index (Phi) is 5.46. The Bertz CT molecular complexity index is 786. The average molecular weight is 356 g/mol. The molecule has 0 aliphatic carbocycles. The molecule has 2 heterocycles. The van der Waals surface area contributed by atoms with Crippen molar-refractivity contribution in [1.29, 1.82) is 0 Å².